The molecule has 11 rings (SSSR count). The lowest BCUT2D eigenvalue weighted by molar-refractivity contribution is 0.672. The molecule has 4 nitrogen and oxygen atoms in total. The number of benzene rings is 8. The zero-order valence-electron chi connectivity index (χ0n) is 29.1. The summed E-state index contributed by atoms with van der Waals surface area (Å²) in [4.78, 5) is 10.1. The predicted molar refractivity (Wildman–Crippen MR) is 223 cm³/mol. The first-order chi connectivity index (χ1) is 26.8. The molecule has 252 valence electrons. The number of aromatic nitrogens is 3. The minimum absolute atomic E-state index is 0.699. The number of furan rings is 1. The van der Waals surface area contributed by atoms with Crippen LogP contribution in [0.25, 0.3) is 105 Å². The monoisotopic (exact) mass is 689 g/mol. The van der Waals surface area contributed by atoms with Crippen molar-refractivity contribution in [1.29, 1.82) is 0 Å². The molecule has 0 bridgehead atoms. The Morgan fingerprint density at radius 2 is 0.944 bits per heavy atom. The van der Waals surface area contributed by atoms with Gasteiger partial charge in [-0.05, 0) is 47.5 Å². The van der Waals surface area contributed by atoms with E-state index in [-0.39, 0.29) is 0 Å². The highest BCUT2D eigenvalue weighted by atomic mass is 16.3. The molecule has 0 N–H and O–H groups in total. The zero-order chi connectivity index (χ0) is 35.6. The van der Waals surface area contributed by atoms with Crippen LogP contribution in [0.3, 0.4) is 0 Å². The molecule has 0 aliphatic carbocycles. The number of hydrogen-bond acceptors (Lipinski definition) is 3. The molecule has 0 unspecified atom stereocenters. The summed E-state index contributed by atoms with van der Waals surface area (Å²) in [6.07, 6.45) is 0. The van der Waals surface area contributed by atoms with Crippen LogP contribution in [-0.4, -0.2) is 14.5 Å². The Kier molecular flexibility index (Phi) is 6.82. The SMILES string of the molecule is c1ccc(-c2cc(-c3cccc(-c4cccc5oc6c7ccccc7c(-n7c8ccccc8c8ccccc87)cc6c45)c3)nc(-c3ccccc3)n2)cc1. The molecular weight excluding hydrogens is 659 g/mol. The van der Waals surface area contributed by atoms with Gasteiger partial charge in [-0.15, -0.1) is 0 Å². The Morgan fingerprint density at radius 3 is 1.67 bits per heavy atom. The lowest BCUT2D eigenvalue weighted by Gasteiger charge is -2.13. The average molecular weight is 690 g/mol. The molecule has 0 aliphatic rings. The van der Waals surface area contributed by atoms with Gasteiger partial charge >= 0.3 is 0 Å². The van der Waals surface area contributed by atoms with Crippen LogP contribution in [-0.2, 0) is 0 Å². The summed E-state index contributed by atoms with van der Waals surface area (Å²) in [5.41, 5.74) is 12.2. The van der Waals surface area contributed by atoms with Crippen molar-refractivity contribution >= 4 is 54.5 Å². The van der Waals surface area contributed by atoms with E-state index in [1.807, 2.05) is 36.4 Å². The first-order valence-electron chi connectivity index (χ1n) is 18.2. The fraction of sp³-hybridized carbons (Fsp3) is 0. The van der Waals surface area contributed by atoms with Crippen LogP contribution < -0.4 is 0 Å². The summed E-state index contributed by atoms with van der Waals surface area (Å²) < 4.78 is 9.20. The van der Waals surface area contributed by atoms with Crippen LogP contribution in [0.15, 0.2) is 192 Å². The Bertz CT molecular complexity index is 3100. The topological polar surface area (TPSA) is 43.9 Å². The van der Waals surface area contributed by atoms with Gasteiger partial charge in [-0.25, -0.2) is 9.97 Å². The highest BCUT2D eigenvalue weighted by Crippen LogP contribution is 2.44. The lowest BCUT2D eigenvalue weighted by atomic mass is 9.95. The van der Waals surface area contributed by atoms with E-state index in [0.717, 1.165) is 77.6 Å². The Hall–Kier alpha value is -7.30. The molecule has 0 spiro atoms. The van der Waals surface area contributed by atoms with Crippen LogP contribution in [0.5, 0.6) is 0 Å². The number of fused-ring (bicyclic) bond motifs is 8. The lowest BCUT2D eigenvalue weighted by Crippen LogP contribution is -1.96. The van der Waals surface area contributed by atoms with E-state index in [1.165, 1.54) is 21.8 Å². The fourth-order valence-corrected chi connectivity index (χ4v) is 8.15. The minimum Gasteiger partial charge on any atom is -0.455 e. The van der Waals surface area contributed by atoms with Crippen molar-refractivity contribution in [2.75, 3.05) is 0 Å². The maximum absolute atomic E-state index is 6.79. The number of rotatable bonds is 5. The zero-order valence-corrected chi connectivity index (χ0v) is 29.1. The van der Waals surface area contributed by atoms with Gasteiger partial charge in [0.05, 0.1) is 28.1 Å². The van der Waals surface area contributed by atoms with Gasteiger partial charge in [0.2, 0.25) is 0 Å². The van der Waals surface area contributed by atoms with E-state index in [1.54, 1.807) is 0 Å². The van der Waals surface area contributed by atoms with Crippen molar-refractivity contribution in [3.8, 4) is 50.7 Å². The van der Waals surface area contributed by atoms with E-state index in [9.17, 15) is 0 Å². The van der Waals surface area contributed by atoms with E-state index in [0.29, 0.717) is 5.82 Å². The molecule has 54 heavy (non-hydrogen) atoms. The van der Waals surface area contributed by atoms with Gasteiger partial charge in [0.15, 0.2) is 5.82 Å². The standard InChI is InChI=1S/C50H31N3O/c1-3-15-32(16-4-1)42-31-43(52-50(51-42)33-17-5-2-6-18-33)35-20-13-19-34(29-35)36-25-14-28-47-48(36)41-30-46(39-23-7-8-24-40(39)49(41)54-47)53-44-26-11-9-21-37(44)38-22-10-12-27-45(38)53/h1-31H. The molecule has 4 heteroatoms. The normalized spacial score (nSPS) is 11.7. The first kappa shape index (κ1) is 30.3. The van der Waals surface area contributed by atoms with Crippen LogP contribution >= 0.6 is 0 Å². The third-order valence-electron chi connectivity index (χ3n) is 10.6. The molecule has 11 aromatic rings. The van der Waals surface area contributed by atoms with Crippen LogP contribution in [0, 0.1) is 0 Å². The van der Waals surface area contributed by atoms with E-state index < -0.39 is 0 Å². The highest BCUT2D eigenvalue weighted by molar-refractivity contribution is 6.22. The molecule has 0 atom stereocenters. The van der Waals surface area contributed by atoms with E-state index in [4.69, 9.17) is 14.4 Å². The summed E-state index contributed by atoms with van der Waals surface area (Å²) >= 11 is 0. The van der Waals surface area contributed by atoms with Gasteiger partial charge in [0.1, 0.15) is 11.2 Å². The van der Waals surface area contributed by atoms with Crippen molar-refractivity contribution in [2.45, 2.75) is 0 Å². The molecule has 8 aromatic carbocycles. The van der Waals surface area contributed by atoms with Crippen molar-refractivity contribution in [2.24, 2.45) is 0 Å². The molecule has 0 aliphatic heterocycles. The summed E-state index contributed by atoms with van der Waals surface area (Å²) in [5.74, 6) is 0.699. The summed E-state index contributed by atoms with van der Waals surface area (Å²) in [5, 5.41) is 6.89. The summed E-state index contributed by atoms with van der Waals surface area (Å²) in [7, 11) is 0. The maximum atomic E-state index is 6.79. The molecule has 0 fully saturated rings. The van der Waals surface area contributed by atoms with Gasteiger partial charge in [0.25, 0.3) is 0 Å². The second kappa shape index (κ2) is 12.1. The molecule has 3 heterocycles. The number of hydrogen-bond donors (Lipinski definition) is 0. The average Bonchev–Trinajstić information content (AvgIpc) is 3.80. The summed E-state index contributed by atoms with van der Waals surface area (Å²) in [6.45, 7) is 0. The van der Waals surface area contributed by atoms with Crippen molar-refractivity contribution in [1.82, 2.24) is 14.5 Å². The predicted octanol–water partition coefficient (Wildman–Crippen LogP) is 13.3. The highest BCUT2D eigenvalue weighted by Gasteiger charge is 2.21. The van der Waals surface area contributed by atoms with Gasteiger partial charge in [-0.1, -0.05) is 152 Å². The molecular formula is C50H31N3O. The summed E-state index contributed by atoms with van der Waals surface area (Å²) in [6, 6.07) is 66.0. The molecule has 0 saturated heterocycles. The van der Waals surface area contributed by atoms with Gasteiger partial charge < -0.3 is 8.98 Å². The molecule has 3 aromatic heterocycles. The fourth-order valence-electron chi connectivity index (χ4n) is 8.15. The van der Waals surface area contributed by atoms with Gasteiger partial charge in [-0.3, -0.25) is 0 Å². The van der Waals surface area contributed by atoms with Crippen molar-refractivity contribution in [3.63, 3.8) is 0 Å². The molecule has 0 radical (unpaired) electrons. The third kappa shape index (κ3) is 4.78. The van der Waals surface area contributed by atoms with Crippen LogP contribution in [0.4, 0.5) is 0 Å². The second-order valence-corrected chi connectivity index (χ2v) is 13.7. The smallest absolute Gasteiger partial charge is 0.160 e. The Morgan fingerprint density at radius 1 is 0.389 bits per heavy atom. The minimum atomic E-state index is 0.699. The first-order valence-corrected chi connectivity index (χ1v) is 18.2. The van der Waals surface area contributed by atoms with Crippen molar-refractivity contribution in [3.05, 3.63) is 188 Å². The van der Waals surface area contributed by atoms with Gasteiger partial charge in [0, 0.05) is 49.0 Å². The molecule has 0 saturated carbocycles. The largest absolute Gasteiger partial charge is 0.455 e. The van der Waals surface area contributed by atoms with E-state index in [2.05, 4.69) is 156 Å². The number of nitrogens with zero attached hydrogens (tertiary/aromatic N) is 3. The van der Waals surface area contributed by atoms with E-state index >= 15 is 0 Å². The Balaban J connectivity index is 1.14. The second-order valence-electron chi connectivity index (χ2n) is 13.7. The quantitative estimate of drug-likeness (QED) is 0.181. The Labute approximate surface area is 311 Å². The maximum Gasteiger partial charge on any atom is 0.160 e. The third-order valence-corrected chi connectivity index (χ3v) is 10.6. The number of para-hydroxylation sites is 2. The van der Waals surface area contributed by atoms with Crippen molar-refractivity contribution < 1.29 is 4.42 Å². The van der Waals surface area contributed by atoms with Gasteiger partial charge in [-0.2, -0.15) is 0 Å². The molecule has 0 amide bonds. The van der Waals surface area contributed by atoms with Crippen LogP contribution in [0.1, 0.15) is 0 Å². The van der Waals surface area contributed by atoms with Crippen LogP contribution in [0.2, 0.25) is 0 Å².